The Kier molecular flexibility index (Phi) is 0.922. The van der Waals surface area contributed by atoms with Gasteiger partial charge in [-0.1, -0.05) is 12.1 Å². The lowest BCUT2D eigenvalue weighted by Gasteiger charge is -1.89. The molecule has 0 saturated carbocycles. The van der Waals surface area contributed by atoms with Gasteiger partial charge in [-0.05, 0) is 24.6 Å². The van der Waals surface area contributed by atoms with Gasteiger partial charge in [0.2, 0.25) is 0 Å². The molecule has 0 aromatic heterocycles. The van der Waals surface area contributed by atoms with Crippen molar-refractivity contribution in [2.45, 2.75) is 6.92 Å². The molecule has 1 rings (SSSR count). The Morgan fingerprint density at radius 1 is 1.62 bits per heavy atom. The molecule has 0 spiro atoms. The molecule has 0 atom stereocenters. The fourth-order valence-corrected chi connectivity index (χ4v) is 0.569. The van der Waals surface area contributed by atoms with Crippen molar-refractivity contribution in [3.8, 4) is 5.75 Å². The van der Waals surface area contributed by atoms with Crippen molar-refractivity contribution in [2.24, 2.45) is 0 Å². The van der Waals surface area contributed by atoms with Crippen LogP contribution in [0.15, 0.2) is 24.2 Å². The zero-order chi connectivity index (χ0) is 6.85. The Morgan fingerprint density at radius 3 is 2.88 bits per heavy atom. The second kappa shape index (κ2) is 1.86. The monoisotopic (exact) mass is 109 g/mol. The van der Waals surface area contributed by atoms with E-state index in [-0.39, 0.29) is 11.8 Å². The quantitative estimate of drug-likeness (QED) is 0.537. The first-order valence-corrected chi connectivity index (χ1v) is 2.47. The molecule has 0 radical (unpaired) electrons. The van der Waals surface area contributed by atoms with Crippen molar-refractivity contribution >= 4 is 0 Å². The van der Waals surface area contributed by atoms with Gasteiger partial charge in [0.1, 0.15) is 5.75 Å². The van der Waals surface area contributed by atoms with Crippen LogP contribution in [0.2, 0.25) is 0 Å². The molecule has 1 heteroatoms. The normalized spacial score (nSPS) is 10.9. The molecular formula is C7H8O. The van der Waals surface area contributed by atoms with E-state index in [0.717, 1.165) is 5.56 Å². The molecule has 42 valence electrons. The predicted octanol–water partition coefficient (Wildman–Crippen LogP) is 1.70. The average molecular weight is 109 g/mol. The highest BCUT2D eigenvalue weighted by Gasteiger charge is 1.83. The van der Waals surface area contributed by atoms with Gasteiger partial charge in [-0.2, -0.15) is 0 Å². The molecular weight excluding hydrogens is 100 g/mol. The molecule has 0 bridgehead atoms. The Bertz CT molecular complexity index is 200. The van der Waals surface area contributed by atoms with Gasteiger partial charge >= 0.3 is 0 Å². The predicted molar refractivity (Wildman–Crippen MR) is 32.8 cm³/mol. The lowest BCUT2D eigenvalue weighted by atomic mass is 10.2. The summed E-state index contributed by atoms with van der Waals surface area (Å²) in [5.74, 6) is 0.0509. The zero-order valence-electron chi connectivity index (χ0n) is 5.68. The van der Waals surface area contributed by atoms with Gasteiger partial charge in [-0.15, -0.1) is 0 Å². The van der Waals surface area contributed by atoms with Gasteiger partial charge in [0.15, 0.2) is 0 Å². The van der Waals surface area contributed by atoms with E-state index in [2.05, 4.69) is 0 Å². The summed E-state index contributed by atoms with van der Waals surface area (Å²) in [5.41, 5.74) is 0.801. The molecule has 0 fully saturated rings. The van der Waals surface area contributed by atoms with Crippen molar-refractivity contribution in [3.05, 3.63) is 29.8 Å². The highest BCUT2D eigenvalue weighted by molar-refractivity contribution is 5.25. The van der Waals surface area contributed by atoms with Crippen LogP contribution in [0.3, 0.4) is 0 Å². The minimum Gasteiger partial charge on any atom is -0.508 e. The van der Waals surface area contributed by atoms with Crippen molar-refractivity contribution < 1.29 is 6.48 Å². The summed E-state index contributed by atoms with van der Waals surface area (Å²) < 4.78 is 7.19. The van der Waals surface area contributed by atoms with E-state index in [9.17, 15) is 0 Å². The highest BCUT2D eigenvalue weighted by Crippen LogP contribution is 2.08. The number of rotatable bonds is 0. The summed E-state index contributed by atoms with van der Waals surface area (Å²) in [7, 11) is 0. The van der Waals surface area contributed by atoms with Crippen molar-refractivity contribution in [1.82, 2.24) is 0 Å². The van der Waals surface area contributed by atoms with Gasteiger partial charge in [-0.25, -0.2) is 0 Å². The minimum absolute atomic E-state index is 0.0509. The van der Waals surface area contributed by atoms with Gasteiger partial charge < -0.3 is 5.11 Å². The number of phenolic OH excluding ortho intramolecular Hbond substituents is 1. The summed E-state index contributed by atoms with van der Waals surface area (Å²) in [4.78, 5) is 0. The molecule has 0 aliphatic rings. The van der Waals surface area contributed by atoms with Crippen LogP contribution >= 0.6 is 0 Å². The number of aryl methyl sites for hydroxylation is 1. The van der Waals surface area contributed by atoms with E-state index in [4.69, 9.17) is 6.48 Å². The van der Waals surface area contributed by atoms with E-state index in [0.29, 0.717) is 0 Å². The first kappa shape index (κ1) is 3.96. The molecule has 0 saturated heterocycles. The summed E-state index contributed by atoms with van der Waals surface area (Å²) >= 11 is 0. The third kappa shape index (κ3) is 0.997. The van der Waals surface area contributed by atoms with Crippen LogP contribution < -0.4 is 0 Å². The second-order valence-electron chi connectivity index (χ2n) is 1.72. The average Bonchev–Trinajstić information content (AvgIpc) is 1.83. The minimum atomic E-state index is 0.0509. The third-order valence-corrected chi connectivity index (χ3v) is 0.926. The number of benzene rings is 1. The van der Waals surface area contributed by atoms with Crippen LogP contribution in [-0.2, 0) is 0 Å². The van der Waals surface area contributed by atoms with Gasteiger partial charge in [0.05, 0.1) is 1.37 Å². The number of hydrogen-bond acceptors (Lipinski definition) is 1. The molecule has 8 heavy (non-hydrogen) atoms. The third-order valence-electron chi connectivity index (χ3n) is 0.926. The Labute approximate surface area is 50.0 Å². The smallest absolute Gasteiger partial charge is 0.115 e. The lowest BCUT2D eigenvalue weighted by molar-refractivity contribution is 0.475. The van der Waals surface area contributed by atoms with Gasteiger partial charge in [0, 0.05) is 0 Å². The number of phenols is 1. The number of hydrogen-bond donors (Lipinski definition) is 1. The van der Waals surface area contributed by atoms with E-state index in [1.165, 1.54) is 6.07 Å². The first-order valence-electron chi connectivity index (χ1n) is 2.97. The van der Waals surface area contributed by atoms with Crippen LogP contribution in [0, 0.1) is 6.92 Å². The molecule has 0 aliphatic heterocycles. The van der Waals surface area contributed by atoms with Crippen LogP contribution in [0.1, 0.15) is 6.93 Å². The zero-order valence-corrected chi connectivity index (χ0v) is 4.68. The highest BCUT2D eigenvalue weighted by atomic mass is 16.3. The maximum Gasteiger partial charge on any atom is 0.115 e. The maximum atomic E-state index is 8.91. The van der Waals surface area contributed by atoms with Gasteiger partial charge in [-0.3, -0.25) is 0 Å². The fraction of sp³-hybridized carbons (Fsp3) is 0.143. The molecule has 1 N–H and O–H groups in total. The summed E-state index contributed by atoms with van der Waals surface area (Å²) in [6.07, 6.45) is 0. The van der Waals surface area contributed by atoms with Crippen molar-refractivity contribution in [1.29, 1.82) is 0 Å². The molecule has 1 aromatic carbocycles. The molecule has 0 heterocycles. The maximum absolute atomic E-state index is 8.91. The lowest BCUT2D eigenvalue weighted by Crippen LogP contribution is -1.66. The molecule has 0 unspecified atom stereocenters. The van der Waals surface area contributed by atoms with Crippen molar-refractivity contribution in [2.75, 3.05) is 0 Å². The summed E-state index contributed by atoms with van der Waals surface area (Å²) in [5, 5.41) is 8.91. The number of aromatic hydroxyl groups is 1. The van der Waals surface area contributed by atoms with Crippen LogP contribution in [-0.4, -0.2) is 5.11 Å². The second-order valence-corrected chi connectivity index (χ2v) is 1.72. The topological polar surface area (TPSA) is 20.2 Å². The fourth-order valence-electron chi connectivity index (χ4n) is 0.569. The SMILES string of the molecule is [2H]c1c(C)cccc1O. The largest absolute Gasteiger partial charge is 0.508 e. The summed E-state index contributed by atoms with van der Waals surface area (Å²) in [6, 6.07) is 5.25. The van der Waals surface area contributed by atoms with Gasteiger partial charge in [0.25, 0.3) is 0 Å². The Balaban J connectivity index is 3.25. The first-order chi connectivity index (χ1) is 4.22. The van der Waals surface area contributed by atoms with Crippen LogP contribution in [0.5, 0.6) is 5.75 Å². The van der Waals surface area contributed by atoms with Crippen LogP contribution in [0.4, 0.5) is 0 Å². The molecule has 0 aliphatic carbocycles. The van der Waals surface area contributed by atoms with E-state index in [1.807, 2.05) is 0 Å². The van der Waals surface area contributed by atoms with E-state index in [1.54, 1.807) is 19.1 Å². The molecule has 0 amide bonds. The molecule has 1 aromatic rings. The van der Waals surface area contributed by atoms with E-state index >= 15 is 0 Å². The van der Waals surface area contributed by atoms with Crippen molar-refractivity contribution in [3.63, 3.8) is 0 Å². The van der Waals surface area contributed by atoms with E-state index < -0.39 is 0 Å². The molecule has 1 nitrogen and oxygen atoms in total. The summed E-state index contributed by atoms with van der Waals surface area (Å²) in [6.45, 7) is 1.79. The Morgan fingerprint density at radius 2 is 2.38 bits per heavy atom. The Hall–Kier alpha value is -0.980. The van der Waals surface area contributed by atoms with Crippen LogP contribution in [0.25, 0.3) is 0 Å². The standard InChI is InChI=1S/C7H8O/c1-6-3-2-4-7(8)5-6/h2-5,8H,1H3/i5D.